The third kappa shape index (κ3) is 7.51. The monoisotopic (exact) mass is 512 g/mol. The molecule has 0 bridgehead atoms. The molecule has 2 rings (SSSR count). The van der Waals surface area contributed by atoms with Gasteiger partial charge in [-0.05, 0) is 6.92 Å². The van der Waals surface area contributed by atoms with Gasteiger partial charge in [-0.3, -0.25) is 0 Å². The Morgan fingerprint density at radius 3 is 2.09 bits per heavy atom. The van der Waals surface area contributed by atoms with Gasteiger partial charge in [-0.15, -0.1) is 0 Å². The fraction of sp³-hybridized carbons (Fsp3) is 0.789. The summed E-state index contributed by atoms with van der Waals surface area (Å²) in [5.74, 6) is -0.633. The zero-order valence-corrected chi connectivity index (χ0v) is 18.8. The SMILES string of the molecule is C=C(C)C(=O)OCCNC(=O)NO[C@@H]1O[C@H](CO)[C@@H](O[C@@H]2O[C@H](CO)[C@@H](O)[C@H](O)[C@H]2O)[C@H](O)[C@H]1O. The van der Waals surface area contributed by atoms with E-state index in [4.69, 9.17) is 23.8 Å². The lowest BCUT2D eigenvalue weighted by Gasteiger charge is -2.45. The minimum Gasteiger partial charge on any atom is -0.460 e. The summed E-state index contributed by atoms with van der Waals surface area (Å²) in [6, 6.07) is -0.901. The maximum Gasteiger partial charge on any atom is 0.338 e. The van der Waals surface area contributed by atoms with E-state index >= 15 is 0 Å². The molecule has 0 radical (unpaired) electrons. The van der Waals surface area contributed by atoms with Crippen molar-refractivity contribution in [1.29, 1.82) is 0 Å². The third-order valence-electron chi connectivity index (χ3n) is 5.20. The van der Waals surface area contributed by atoms with E-state index in [-0.39, 0.29) is 18.7 Å². The third-order valence-corrected chi connectivity index (χ3v) is 5.20. The van der Waals surface area contributed by atoms with Crippen LogP contribution in [0, 0.1) is 0 Å². The van der Waals surface area contributed by atoms with Crippen molar-refractivity contribution in [3.05, 3.63) is 12.2 Å². The molecule has 9 N–H and O–H groups in total. The van der Waals surface area contributed by atoms with Crippen LogP contribution >= 0.6 is 0 Å². The van der Waals surface area contributed by atoms with Gasteiger partial charge in [0, 0.05) is 5.57 Å². The Hall–Kier alpha value is -1.96. The largest absolute Gasteiger partial charge is 0.460 e. The average Bonchev–Trinajstić information content (AvgIpc) is 2.83. The number of esters is 1. The number of urea groups is 1. The molecule has 2 amide bonds. The van der Waals surface area contributed by atoms with Gasteiger partial charge in [-0.1, -0.05) is 6.58 Å². The lowest BCUT2D eigenvalue weighted by molar-refractivity contribution is -0.362. The number of aliphatic hydroxyl groups is 7. The summed E-state index contributed by atoms with van der Waals surface area (Å²) in [6.45, 7) is 3.13. The quantitative estimate of drug-likeness (QED) is 0.0576. The molecule has 2 saturated heterocycles. The summed E-state index contributed by atoms with van der Waals surface area (Å²) in [5.41, 5.74) is 2.09. The van der Waals surface area contributed by atoms with Crippen molar-refractivity contribution in [2.24, 2.45) is 0 Å². The second-order valence-corrected chi connectivity index (χ2v) is 7.90. The molecular formula is C19H32N2O14. The number of ether oxygens (including phenoxy) is 4. The minimum absolute atomic E-state index is 0.0841. The van der Waals surface area contributed by atoms with E-state index in [0.717, 1.165) is 0 Å². The molecule has 0 aromatic carbocycles. The van der Waals surface area contributed by atoms with E-state index in [2.05, 4.69) is 11.9 Å². The Labute approximate surface area is 199 Å². The maximum absolute atomic E-state index is 11.8. The summed E-state index contributed by atoms with van der Waals surface area (Å²) in [5, 5.41) is 71.8. The number of hydrogen-bond acceptors (Lipinski definition) is 14. The molecule has 2 fully saturated rings. The highest BCUT2D eigenvalue weighted by atomic mass is 16.8. The van der Waals surface area contributed by atoms with Crippen LogP contribution in [-0.4, -0.2) is 136 Å². The van der Waals surface area contributed by atoms with Gasteiger partial charge >= 0.3 is 12.0 Å². The highest BCUT2D eigenvalue weighted by molar-refractivity contribution is 5.86. The molecule has 0 aliphatic carbocycles. The first-order chi connectivity index (χ1) is 16.5. The molecule has 16 heteroatoms. The second kappa shape index (κ2) is 13.4. The Morgan fingerprint density at radius 2 is 1.49 bits per heavy atom. The molecule has 35 heavy (non-hydrogen) atoms. The molecule has 0 aromatic heterocycles. The van der Waals surface area contributed by atoms with Crippen molar-refractivity contribution < 1.29 is 69.1 Å². The number of nitrogens with one attached hydrogen (secondary N) is 2. The number of amides is 2. The molecule has 202 valence electrons. The Balaban J connectivity index is 1.89. The first kappa shape index (κ1) is 29.3. The predicted octanol–water partition coefficient (Wildman–Crippen LogP) is -5.04. The van der Waals surface area contributed by atoms with Gasteiger partial charge in [0.15, 0.2) is 6.29 Å². The van der Waals surface area contributed by atoms with Gasteiger partial charge in [-0.25, -0.2) is 19.9 Å². The molecule has 0 unspecified atom stereocenters. The van der Waals surface area contributed by atoms with Crippen molar-refractivity contribution in [3.8, 4) is 0 Å². The molecular weight excluding hydrogens is 480 g/mol. The topological polar surface area (TPSA) is 246 Å². The number of carbonyl (C=O) groups excluding carboxylic acids is 2. The average molecular weight is 512 g/mol. The lowest BCUT2D eigenvalue weighted by atomic mass is 9.97. The summed E-state index contributed by atoms with van der Waals surface area (Å²) in [4.78, 5) is 28.0. The van der Waals surface area contributed by atoms with Crippen molar-refractivity contribution in [2.75, 3.05) is 26.4 Å². The maximum atomic E-state index is 11.8. The van der Waals surface area contributed by atoms with Crippen LogP contribution in [0.25, 0.3) is 0 Å². The van der Waals surface area contributed by atoms with Crippen LogP contribution in [-0.2, 0) is 28.6 Å². The number of hydrogen-bond donors (Lipinski definition) is 9. The standard InChI is InChI=1S/C19H32N2O14/c1-7(2)16(29)31-4-3-20-19(30)21-35-18-14(28)12(26)15(9(6-23)33-18)34-17-13(27)11(25)10(24)8(5-22)32-17/h8-15,17-18,22-28H,1,3-6H2,2H3,(H2,20,21,30)/t8-,9-,10-,11+,12-,13-,14-,15-,17+,18+/m1/s1. The smallest absolute Gasteiger partial charge is 0.338 e. The lowest BCUT2D eigenvalue weighted by Crippen LogP contribution is -2.65. The first-order valence-corrected chi connectivity index (χ1v) is 10.6. The van der Waals surface area contributed by atoms with Gasteiger partial charge in [0.2, 0.25) is 6.29 Å². The molecule has 2 aliphatic rings. The van der Waals surface area contributed by atoms with Crippen molar-refractivity contribution in [2.45, 2.75) is 68.3 Å². The summed E-state index contributed by atoms with van der Waals surface area (Å²) < 4.78 is 20.7. The fourth-order valence-corrected chi connectivity index (χ4v) is 3.23. The van der Waals surface area contributed by atoms with E-state index in [0.29, 0.717) is 0 Å². The number of hydroxylamine groups is 1. The van der Waals surface area contributed by atoms with Crippen LogP contribution < -0.4 is 10.8 Å². The van der Waals surface area contributed by atoms with Gasteiger partial charge in [0.25, 0.3) is 0 Å². The Kier molecular flexibility index (Phi) is 11.2. The molecule has 0 saturated carbocycles. The molecule has 16 nitrogen and oxygen atoms in total. The van der Waals surface area contributed by atoms with E-state index in [1.165, 1.54) is 6.92 Å². The first-order valence-electron chi connectivity index (χ1n) is 10.6. The predicted molar refractivity (Wildman–Crippen MR) is 110 cm³/mol. The molecule has 0 spiro atoms. The van der Waals surface area contributed by atoms with Crippen molar-refractivity contribution >= 4 is 12.0 Å². The van der Waals surface area contributed by atoms with E-state index in [1.807, 2.05) is 5.48 Å². The molecule has 10 atom stereocenters. The van der Waals surface area contributed by atoms with Crippen molar-refractivity contribution in [3.63, 3.8) is 0 Å². The summed E-state index contributed by atoms with van der Waals surface area (Å²) >= 11 is 0. The number of aliphatic hydroxyl groups excluding tert-OH is 7. The van der Waals surface area contributed by atoms with Crippen LogP contribution in [0.2, 0.25) is 0 Å². The zero-order valence-electron chi connectivity index (χ0n) is 18.8. The normalized spacial score (nSPS) is 37.4. The van der Waals surface area contributed by atoms with E-state index in [9.17, 15) is 45.3 Å². The van der Waals surface area contributed by atoms with Crippen LogP contribution in [0.4, 0.5) is 4.79 Å². The summed E-state index contributed by atoms with van der Waals surface area (Å²) in [7, 11) is 0. The van der Waals surface area contributed by atoms with Crippen LogP contribution in [0.3, 0.4) is 0 Å². The van der Waals surface area contributed by atoms with Crippen LogP contribution in [0.5, 0.6) is 0 Å². The van der Waals surface area contributed by atoms with Gasteiger partial charge < -0.3 is 60.0 Å². The molecule has 2 aliphatic heterocycles. The van der Waals surface area contributed by atoms with E-state index in [1.54, 1.807) is 0 Å². The van der Waals surface area contributed by atoms with Crippen molar-refractivity contribution in [1.82, 2.24) is 10.8 Å². The highest BCUT2D eigenvalue weighted by Gasteiger charge is 2.51. The number of rotatable bonds is 10. The molecule has 0 aromatic rings. The van der Waals surface area contributed by atoms with Crippen LogP contribution in [0.15, 0.2) is 12.2 Å². The minimum atomic E-state index is -1.83. The highest BCUT2D eigenvalue weighted by Crippen LogP contribution is 2.29. The van der Waals surface area contributed by atoms with E-state index < -0.39 is 86.6 Å². The Morgan fingerprint density at radius 1 is 0.886 bits per heavy atom. The zero-order chi connectivity index (χ0) is 26.3. The second-order valence-electron chi connectivity index (χ2n) is 7.90. The molecule has 2 heterocycles. The van der Waals surface area contributed by atoms with Crippen LogP contribution in [0.1, 0.15) is 6.92 Å². The fourth-order valence-electron chi connectivity index (χ4n) is 3.23. The number of carbonyl (C=O) groups is 2. The van der Waals surface area contributed by atoms with Gasteiger partial charge in [-0.2, -0.15) is 0 Å². The van der Waals surface area contributed by atoms with Gasteiger partial charge in [0.05, 0.1) is 19.8 Å². The summed E-state index contributed by atoms with van der Waals surface area (Å²) in [6.07, 6.45) is -16.3. The Bertz CT molecular complexity index is 722. The van der Waals surface area contributed by atoms with Gasteiger partial charge in [0.1, 0.15) is 55.4 Å².